The highest BCUT2D eigenvalue weighted by molar-refractivity contribution is 7.89. The van der Waals surface area contributed by atoms with E-state index >= 15 is 0 Å². The smallest absolute Gasteiger partial charge is 0.244 e. The zero-order valence-electron chi connectivity index (χ0n) is 12.7. The van der Waals surface area contributed by atoms with Crippen molar-refractivity contribution in [1.29, 1.82) is 0 Å². The number of hydrogen-bond donors (Lipinski definition) is 1. The van der Waals surface area contributed by atoms with Crippen molar-refractivity contribution >= 4 is 15.7 Å². The minimum Gasteiger partial charge on any atom is -0.373 e. The number of aromatic nitrogens is 2. The summed E-state index contributed by atoms with van der Waals surface area (Å²) in [5.41, 5.74) is 2.32. The first kappa shape index (κ1) is 15.1. The van der Waals surface area contributed by atoms with E-state index in [2.05, 4.69) is 20.8 Å². The third-order valence-electron chi connectivity index (χ3n) is 3.93. The molecule has 1 aromatic heterocycles. The van der Waals surface area contributed by atoms with Crippen molar-refractivity contribution in [2.45, 2.75) is 30.8 Å². The molecule has 0 saturated carbocycles. The first-order chi connectivity index (χ1) is 10.5. The van der Waals surface area contributed by atoms with Crippen LogP contribution in [0.5, 0.6) is 0 Å². The number of anilines is 1. The Morgan fingerprint density at radius 2 is 2.14 bits per heavy atom. The number of nitrogens with zero attached hydrogens (tertiary/aromatic N) is 3. The Hall–Kier alpha value is -1.86. The third kappa shape index (κ3) is 2.86. The van der Waals surface area contributed by atoms with E-state index in [1.54, 1.807) is 10.9 Å². The van der Waals surface area contributed by atoms with Gasteiger partial charge in [-0.2, -0.15) is 5.10 Å². The van der Waals surface area contributed by atoms with E-state index in [1.807, 2.05) is 32.2 Å². The van der Waals surface area contributed by atoms with E-state index in [4.69, 9.17) is 0 Å². The fourth-order valence-corrected chi connectivity index (χ4v) is 4.02. The minimum absolute atomic E-state index is 0.144. The second-order valence-corrected chi connectivity index (χ2v) is 7.28. The Kier molecular flexibility index (Phi) is 3.92. The number of fused-ring (bicyclic) bond motifs is 1. The second kappa shape index (κ2) is 5.73. The predicted octanol–water partition coefficient (Wildman–Crippen LogP) is 1.24. The fourth-order valence-electron chi connectivity index (χ4n) is 2.84. The van der Waals surface area contributed by atoms with Crippen LogP contribution in [0.1, 0.15) is 12.5 Å². The maximum Gasteiger partial charge on any atom is 0.244 e. The van der Waals surface area contributed by atoms with Gasteiger partial charge in [0.05, 0.1) is 6.20 Å². The van der Waals surface area contributed by atoms with Gasteiger partial charge in [-0.1, -0.05) is 18.2 Å². The van der Waals surface area contributed by atoms with Gasteiger partial charge in [-0.15, -0.1) is 0 Å². The Balaban J connectivity index is 1.79. The monoisotopic (exact) mass is 320 g/mol. The number of aryl methyl sites for hydroxylation is 1. The number of hydrogen-bond acceptors (Lipinski definition) is 4. The van der Waals surface area contributed by atoms with Gasteiger partial charge in [0.2, 0.25) is 10.0 Å². The third-order valence-corrected chi connectivity index (χ3v) is 5.40. The molecule has 1 atom stereocenters. The van der Waals surface area contributed by atoms with Crippen LogP contribution in [0.4, 0.5) is 5.69 Å². The number of rotatable bonds is 4. The number of likely N-dealkylation sites (N-methyl/N-ethyl adjacent to an activating group) is 1. The predicted molar refractivity (Wildman–Crippen MR) is 85.4 cm³/mol. The Labute approximate surface area is 130 Å². The molecule has 22 heavy (non-hydrogen) atoms. The summed E-state index contributed by atoms with van der Waals surface area (Å²) in [5.74, 6) is 0. The van der Waals surface area contributed by atoms with E-state index in [1.165, 1.54) is 6.20 Å². The lowest BCUT2D eigenvalue weighted by Gasteiger charge is -2.33. The minimum atomic E-state index is -3.54. The quantitative estimate of drug-likeness (QED) is 0.920. The molecule has 1 aliphatic rings. The van der Waals surface area contributed by atoms with Gasteiger partial charge < -0.3 is 4.90 Å². The van der Waals surface area contributed by atoms with E-state index in [0.29, 0.717) is 19.5 Å². The molecule has 0 radical (unpaired) electrons. The SMILES string of the molecule is CCn1cc(S(=O)(=O)N[C@@H]2Cc3ccccc3N(C)C2)cn1. The molecule has 0 unspecified atom stereocenters. The Morgan fingerprint density at radius 1 is 1.36 bits per heavy atom. The van der Waals surface area contributed by atoms with Gasteiger partial charge in [0.25, 0.3) is 0 Å². The lowest BCUT2D eigenvalue weighted by atomic mass is 9.99. The van der Waals surface area contributed by atoms with Crippen LogP contribution in [0.15, 0.2) is 41.6 Å². The van der Waals surface area contributed by atoms with E-state index in [9.17, 15) is 8.42 Å². The number of sulfonamides is 1. The molecule has 0 bridgehead atoms. The Bertz CT molecular complexity index is 769. The summed E-state index contributed by atoms with van der Waals surface area (Å²) in [6, 6.07) is 7.94. The van der Waals surface area contributed by atoms with Crippen LogP contribution in [-0.2, 0) is 23.0 Å². The first-order valence-corrected chi connectivity index (χ1v) is 8.81. The number of para-hydroxylation sites is 1. The topological polar surface area (TPSA) is 67.2 Å². The van der Waals surface area contributed by atoms with E-state index < -0.39 is 10.0 Å². The maximum atomic E-state index is 12.5. The molecule has 7 heteroatoms. The Morgan fingerprint density at radius 3 is 2.86 bits per heavy atom. The number of benzene rings is 1. The molecule has 0 saturated heterocycles. The van der Waals surface area contributed by atoms with Crippen molar-refractivity contribution in [1.82, 2.24) is 14.5 Å². The van der Waals surface area contributed by atoms with Crippen molar-refractivity contribution in [3.8, 4) is 0 Å². The molecular formula is C15H20N4O2S. The van der Waals surface area contributed by atoms with Gasteiger partial charge in [-0.05, 0) is 25.0 Å². The molecule has 1 aromatic carbocycles. The van der Waals surface area contributed by atoms with Gasteiger partial charge >= 0.3 is 0 Å². The van der Waals surface area contributed by atoms with Crippen molar-refractivity contribution in [2.24, 2.45) is 0 Å². The van der Waals surface area contributed by atoms with Crippen molar-refractivity contribution < 1.29 is 8.42 Å². The lowest BCUT2D eigenvalue weighted by molar-refractivity contribution is 0.534. The van der Waals surface area contributed by atoms with E-state index in [-0.39, 0.29) is 10.9 Å². The lowest BCUT2D eigenvalue weighted by Crippen LogP contribution is -2.46. The summed E-state index contributed by atoms with van der Waals surface area (Å²) < 4.78 is 29.3. The molecule has 1 N–H and O–H groups in total. The highest BCUT2D eigenvalue weighted by Crippen LogP contribution is 2.26. The van der Waals surface area contributed by atoms with Gasteiger partial charge in [0.15, 0.2) is 0 Å². The molecule has 2 heterocycles. The molecule has 118 valence electrons. The summed E-state index contributed by atoms with van der Waals surface area (Å²) in [5, 5.41) is 4.03. The normalized spacial score (nSPS) is 18.3. The zero-order chi connectivity index (χ0) is 15.7. The van der Waals surface area contributed by atoms with Crippen LogP contribution in [0.2, 0.25) is 0 Å². The zero-order valence-corrected chi connectivity index (χ0v) is 13.5. The van der Waals surface area contributed by atoms with Crippen LogP contribution in [0, 0.1) is 0 Å². The molecule has 0 fully saturated rings. The summed E-state index contributed by atoms with van der Waals surface area (Å²) in [4.78, 5) is 2.30. The largest absolute Gasteiger partial charge is 0.373 e. The van der Waals surface area contributed by atoms with Gasteiger partial charge in [-0.3, -0.25) is 4.68 Å². The molecule has 3 rings (SSSR count). The summed E-state index contributed by atoms with van der Waals surface area (Å²) in [6.45, 7) is 3.22. The van der Waals surface area contributed by atoms with Gasteiger partial charge in [0.1, 0.15) is 4.90 Å². The molecule has 0 spiro atoms. The van der Waals surface area contributed by atoms with Gasteiger partial charge in [-0.25, -0.2) is 13.1 Å². The molecule has 6 nitrogen and oxygen atoms in total. The standard InChI is InChI=1S/C15H20N4O2S/c1-3-19-11-14(9-16-19)22(20,21)17-13-8-12-6-4-5-7-15(12)18(2)10-13/h4-7,9,11,13,17H,3,8,10H2,1-2H3/t13-/m1/s1. The average Bonchev–Trinajstić information content (AvgIpc) is 2.97. The van der Waals surface area contributed by atoms with Crippen LogP contribution in [0.3, 0.4) is 0 Å². The molecule has 0 aliphatic carbocycles. The first-order valence-electron chi connectivity index (χ1n) is 7.33. The summed E-state index contributed by atoms with van der Waals surface area (Å²) >= 11 is 0. The highest BCUT2D eigenvalue weighted by atomic mass is 32.2. The molecule has 0 amide bonds. The van der Waals surface area contributed by atoms with Crippen molar-refractivity contribution in [3.63, 3.8) is 0 Å². The van der Waals surface area contributed by atoms with E-state index in [0.717, 1.165) is 11.3 Å². The molecule has 1 aliphatic heterocycles. The average molecular weight is 320 g/mol. The van der Waals surface area contributed by atoms with Crippen molar-refractivity contribution in [3.05, 3.63) is 42.2 Å². The van der Waals surface area contributed by atoms with Crippen LogP contribution >= 0.6 is 0 Å². The second-order valence-electron chi connectivity index (χ2n) is 5.56. The van der Waals surface area contributed by atoms with Gasteiger partial charge in [0, 0.05) is 38.1 Å². The maximum absolute atomic E-state index is 12.5. The summed E-state index contributed by atoms with van der Waals surface area (Å²) in [6.07, 6.45) is 3.65. The number of nitrogens with one attached hydrogen (secondary N) is 1. The highest BCUT2D eigenvalue weighted by Gasteiger charge is 2.27. The summed E-state index contributed by atoms with van der Waals surface area (Å²) in [7, 11) is -1.55. The van der Waals surface area contributed by atoms with Crippen LogP contribution in [-0.4, -0.2) is 37.8 Å². The van der Waals surface area contributed by atoms with Crippen molar-refractivity contribution in [2.75, 3.05) is 18.5 Å². The fraction of sp³-hybridized carbons (Fsp3) is 0.400. The van der Waals surface area contributed by atoms with Crippen LogP contribution < -0.4 is 9.62 Å². The molecular weight excluding hydrogens is 300 g/mol. The van der Waals surface area contributed by atoms with Crippen LogP contribution in [0.25, 0.3) is 0 Å². The molecule has 2 aromatic rings.